The summed E-state index contributed by atoms with van der Waals surface area (Å²) < 4.78 is 2.19. The van der Waals surface area contributed by atoms with E-state index in [0.717, 1.165) is 48.2 Å². The van der Waals surface area contributed by atoms with Crippen LogP contribution in [0.1, 0.15) is 37.6 Å². The summed E-state index contributed by atoms with van der Waals surface area (Å²) in [6.45, 7) is 5.29. The van der Waals surface area contributed by atoms with Crippen LogP contribution in [-0.2, 0) is 13.0 Å². The maximum absolute atomic E-state index is 4.60. The summed E-state index contributed by atoms with van der Waals surface area (Å²) in [5.41, 5.74) is 2.58. The van der Waals surface area contributed by atoms with Crippen molar-refractivity contribution in [3.63, 3.8) is 0 Å². The normalized spacial score (nSPS) is 39.0. The Labute approximate surface area is 122 Å². The van der Waals surface area contributed by atoms with Crippen molar-refractivity contribution in [1.29, 1.82) is 0 Å². The summed E-state index contributed by atoms with van der Waals surface area (Å²) in [5.74, 6) is 5.22. The van der Waals surface area contributed by atoms with Crippen molar-refractivity contribution < 1.29 is 0 Å². The van der Waals surface area contributed by atoms with E-state index < -0.39 is 0 Å². The Bertz CT molecular complexity index is 490. The SMILES string of the molecule is CCn1nc(C)cc1CC(NC)C1C2C3CCC(C3)C21. The first-order valence-corrected chi connectivity index (χ1v) is 8.43. The minimum Gasteiger partial charge on any atom is -0.316 e. The van der Waals surface area contributed by atoms with E-state index in [1.807, 2.05) is 0 Å². The van der Waals surface area contributed by atoms with Crippen LogP contribution in [0, 0.1) is 36.5 Å². The van der Waals surface area contributed by atoms with Gasteiger partial charge in [0.1, 0.15) is 0 Å². The second-order valence-corrected chi connectivity index (χ2v) is 7.26. The quantitative estimate of drug-likeness (QED) is 0.894. The highest BCUT2D eigenvalue weighted by molar-refractivity contribution is 5.18. The first-order chi connectivity index (χ1) is 9.72. The Morgan fingerprint density at radius 1 is 1.35 bits per heavy atom. The molecule has 2 bridgehead atoms. The molecule has 3 aliphatic carbocycles. The van der Waals surface area contributed by atoms with Crippen LogP contribution >= 0.6 is 0 Å². The monoisotopic (exact) mass is 273 g/mol. The molecule has 1 N–H and O–H groups in total. The molecule has 3 aliphatic rings. The van der Waals surface area contributed by atoms with Gasteiger partial charge in [-0.05, 0) is 75.8 Å². The van der Waals surface area contributed by atoms with Gasteiger partial charge in [-0.3, -0.25) is 4.68 Å². The number of likely N-dealkylation sites (N-methyl/N-ethyl adjacent to an activating group) is 1. The van der Waals surface area contributed by atoms with Crippen LogP contribution in [0.25, 0.3) is 0 Å². The molecule has 4 rings (SSSR count). The zero-order valence-electron chi connectivity index (χ0n) is 13.0. The fourth-order valence-electron chi connectivity index (χ4n) is 5.62. The fourth-order valence-corrected chi connectivity index (χ4v) is 5.62. The third kappa shape index (κ3) is 1.78. The highest BCUT2D eigenvalue weighted by Gasteiger charge is 2.66. The van der Waals surface area contributed by atoms with Crippen molar-refractivity contribution >= 4 is 0 Å². The molecule has 3 fully saturated rings. The van der Waals surface area contributed by atoms with Crippen LogP contribution in [0.2, 0.25) is 0 Å². The van der Waals surface area contributed by atoms with E-state index in [2.05, 4.69) is 42.1 Å². The van der Waals surface area contributed by atoms with E-state index in [9.17, 15) is 0 Å². The van der Waals surface area contributed by atoms with Gasteiger partial charge in [0.2, 0.25) is 0 Å². The summed E-state index contributed by atoms with van der Waals surface area (Å²) in [7, 11) is 2.15. The number of hydrogen-bond acceptors (Lipinski definition) is 2. The summed E-state index contributed by atoms with van der Waals surface area (Å²) in [4.78, 5) is 0. The first-order valence-electron chi connectivity index (χ1n) is 8.43. The largest absolute Gasteiger partial charge is 0.316 e. The topological polar surface area (TPSA) is 29.9 Å². The number of fused-ring (bicyclic) bond motifs is 5. The lowest BCUT2D eigenvalue weighted by molar-refractivity contribution is 0.370. The number of nitrogens with one attached hydrogen (secondary N) is 1. The second kappa shape index (κ2) is 4.59. The molecular weight excluding hydrogens is 246 g/mol. The smallest absolute Gasteiger partial charge is 0.0596 e. The molecule has 3 heteroatoms. The molecule has 5 unspecified atom stereocenters. The Morgan fingerprint density at radius 3 is 2.65 bits per heavy atom. The number of rotatable bonds is 5. The average Bonchev–Trinajstić information content (AvgIpc) is 2.78. The van der Waals surface area contributed by atoms with Gasteiger partial charge in [0.15, 0.2) is 0 Å². The lowest BCUT2D eigenvalue weighted by Gasteiger charge is -2.20. The molecule has 3 nitrogen and oxygen atoms in total. The Hall–Kier alpha value is -0.830. The maximum atomic E-state index is 4.60. The third-order valence-corrected chi connectivity index (χ3v) is 6.34. The molecule has 0 aliphatic heterocycles. The van der Waals surface area contributed by atoms with E-state index in [0.29, 0.717) is 6.04 Å². The molecule has 5 atom stereocenters. The molecule has 20 heavy (non-hydrogen) atoms. The molecule has 0 saturated heterocycles. The van der Waals surface area contributed by atoms with Gasteiger partial charge >= 0.3 is 0 Å². The maximum Gasteiger partial charge on any atom is 0.0596 e. The van der Waals surface area contributed by atoms with Gasteiger partial charge in [0, 0.05) is 24.7 Å². The van der Waals surface area contributed by atoms with Crippen LogP contribution in [0.5, 0.6) is 0 Å². The van der Waals surface area contributed by atoms with E-state index in [1.165, 1.54) is 18.5 Å². The average molecular weight is 273 g/mol. The molecule has 3 saturated carbocycles. The predicted octanol–water partition coefficient (Wildman–Crippen LogP) is 2.63. The van der Waals surface area contributed by atoms with Crippen LogP contribution in [0.3, 0.4) is 0 Å². The molecule has 0 amide bonds. The number of nitrogens with zero attached hydrogens (tertiary/aromatic N) is 2. The van der Waals surface area contributed by atoms with Gasteiger partial charge in [-0.1, -0.05) is 0 Å². The highest BCUT2D eigenvalue weighted by atomic mass is 15.3. The number of hydrogen-bond donors (Lipinski definition) is 1. The molecule has 0 spiro atoms. The van der Waals surface area contributed by atoms with Crippen molar-refractivity contribution in [3.05, 3.63) is 17.5 Å². The van der Waals surface area contributed by atoms with Gasteiger partial charge in [0.25, 0.3) is 0 Å². The lowest BCUT2D eigenvalue weighted by atomic mass is 9.95. The molecule has 0 aromatic carbocycles. The highest BCUT2D eigenvalue weighted by Crippen LogP contribution is 2.70. The van der Waals surface area contributed by atoms with Crippen molar-refractivity contribution in [2.24, 2.45) is 29.6 Å². The molecule has 1 aromatic rings. The summed E-state index contributed by atoms with van der Waals surface area (Å²) in [5, 5.41) is 8.23. The van der Waals surface area contributed by atoms with Gasteiger partial charge in [-0.25, -0.2) is 0 Å². The Morgan fingerprint density at radius 2 is 2.05 bits per heavy atom. The summed E-state index contributed by atoms with van der Waals surface area (Å²) in [6, 6.07) is 2.94. The van der Waals surface area contributed by atoms with E-state index in [1.54, 1.807) is 6.42 Å². The van der Waals surface area contributed by atoms with Gasteiger partial charge in [-0.2, -0.15) is 5.10 Å². The molecular formula is C17H27N3. The first kappa shape index (κ1) is 12.9. The molecule has 1 aromatic heterocycles. The number of aryl methyl sites for hydroxylation is 2. The van der Waals surface area contributed by atoms with Crippen LogP contribution in [0.15, 0.2) is 6.07 Å². The Kier molecular flexibility index (Phi) is 2.95. The van der Waals surface area contributed by atoms with Crippen LogP contribution in [0.4, 0.5) is 0 Å². The van der Waals surface area contributed by atoms with Crippen molar-refractivity contribution in [1.82, 2.24) is 15.1 Å². The second-order valence-electron chi connectivity index (χ2n) is 7.26. The van der Waals surface area contributed by atoms with E-state index in [-0.39, 0.29) is 0 Å². The Balaban J connectivity index is 1.50. The minimum atomic E-state index is 0.662. The molecule has 1 heterocycles. The van der Waals surface area contributed by atoms with E-state index in [4.69, 9.17) is 0 Å². The zero-order valence-corrected chi connectivity index (χ0v) is 13.0. The van der Waals surface area contributed by atoms with Crippen LogP contribution in [-0.4, -0.2) is 22.9 Å². The van der Waals surface area contributed by atoms with Crippen LogP contribution < -0.4 is 5.32 Å². The van der Waals surface area contributed by atoms with Gasteiger partial charge in [0.05, 0.1) is 5.69 Å². The third-order valence-electron chi connectivity index (χ3n) is 6.34. The van der Waals surface area contributed by atoms with Gasteiger partial charge in [-0.15, -0.1) is 0 Å². The minimum absolute atomic E-state index is 0.662. The van der Waals surface area contributed by atoms with Crippen molar-refractivity contribution in [2.45, 2.75) is 52.1 Å². The lowest BCUT2D eigenvalue weighted by Crippen LogP contribution is -2.33. The fraction of sp³-hybridized carbons (Fsp3) is 0.824. The molecule has 0 radical (unpaired) electrons. The molecule has 110 valence electrons. The van der Waals surface area contributed by atoms with Crippen molar-refractivity contribution in [3.8, 4) is 0 Å². The van der Waals surface area contributed by atoms with Crippen molar-refractivity contribution in [2.75, 3.05) is 7.05 Å². The number of aromatic nitrogens is 2. The van der Waals surface area contributed by atoms with E-state index >= 15 is 0 Å². The summed E-state index contributed by atoms with van der Waals surface area (Å²) in [6.07, 6.45) is 5.74. The predicted molar refractivity (Wildman–Crippen MR) is 80.5 cm³/mol. The zero-order chi connectivity index (χ0) is 13.9. The van der Waals surface area contributed by atoms with Gasteiger partial charge < -0.3 is 5.32 Å². The standard InChI is InChI=1S/C17H27N3/c1-4-20-13(7-10(2)19-20)9-14(18-3)17-15-11-5-6-12(8-11)16(15)17/h7,11-12,14-18H,4-6,8-9H2,1-3H3. The summed E-state index contributed by atoms with van der Waals surface area (Å²) >= 11 is 0.